The molecule has 0 aromatic rings. The van der Waals surface area contributed by atoms with Crippen molar-refractivity contribution in [1.82, 2.24) is 10.6 Å². The smallest absolute Gasteiger partial charge is 0.328 e. The molecule has 0 aromatic carbocycles. The van der Waals surface area contributed by atoms with Crippen LogP contribution in [0.3, 0.4) is 0 Å². The van der Waals surface area contributed by atoms with E-state index in [4.69, 9.17) is 14.9 Å². The maximum Gasteiger partial charge on any atom is 0.328 e. The summed E-state index contributed by atoms with van der Waals surface area (Å²) in [4.78, 5) is 46.9. The number of unbranched alkanes of at least 4 members (excludes halogenated alkanes) is 12. The van der Waals surface area contributed by atoms with E-state index in [0.29, 0.717) is 12.8 Å². The molecule has 0 aliphatic carbocycles. The lowest BCUT2D eigenvalue weighted by Crippen LogP contribution is -2.47. The first-order chi connectivity index (χ1) is 18.3. The van der Waals surface area contributed by atoms with Crippen molar-refractivity contribution in [1.29, 1.82) is 0 Å². The standard InChI is InChI=1S/C29H54N2O7/c1-3-5-7-9-10-11-12-17-21-28(35)38-24(18-14-8-6-4-2)19-15-13-16-20-26(33)30-22-27(34)31-25(23-32)29(36)37/h24-25,32H,3-23H2,1-2H3,(H,30,33)(H,31,34)(H,36,37). The number of ether oxygens (including phenoxy) is 1. The monoisotopic (exact) mass is 542 g/mol. The van der Waals surface area contributed by atoms with E-state index >= 15 is 0 Å². The molecule has 9 nitrogen and oxygen atoms in total. The van der Waals surface area contributed by atoms with Crippen LogP contribution in [-0.4, -0.2) is 59.3 Å². The lowest BCUT2D eigenvalue weighted by molar-refractivity contribution is -0.150. The second-order valence-electron chi connectivity index (χ2n) is 10.2. The number of aliphatic carboxylic acids is 1. The zero-order chi connectivity index (χ0) is 28.4. The van der Waals surface area contributed by atoms with E-state index in [-0.39, 0.29) is 30.9 Å². The Morgan fingerprint density at radius 1 is 0.684 bits per heavy atom. The topological polar surface area (TPSA) is 142 Å². The van der Waals surface area contributed by atoms with Gasteiger partial charge in [-0.15, -0.1) is 0 Å². The Bertz CT molecular complexity index is 642. The first-order valence-electron chi connectivity index (χ1n) is 14.9. The van der Waals surface area contributed by atoms with Crippen molar-refractivity contribution in [3.05, 3.63) is 0 Å². The van der Waals surface area contributed by atoms with Crippen LogP contribution in [0.25, 0.3) is 0 Å². The second-order valence-corrected chi connectivity index (χ2v) is 10.2. The molecule has 9 heteroatoms. The summed E-state index contributed by atoms with van der Waals surface area (Å²) in [6, 6.07) is -1.39. The minimum absolute atomic E-state index is 0.0698. The molecule has 0 heterocycles. The predicted octanol–water partition coefficient (Wildman–Crippen LogP) is 5.03. The number of hydrogen-bond acceptors (Lipinski definition) is 6. The van der Waals surface area contributed by atoms with Gasteiger partial charge in [-0.2, -0.15) is 0 Å². The first-order valence-corrected chi connectivity index (χ1v) is 14.9. The molecule has 0 aromatic heterocycles. The van der Waals surface area contributed by atoms with E-state index < -0.39 is 24.5 Å². The Hall–Kier alpha value is -2.16. The van der Waals surface area contributed by atoms with Gasteiger partial charge >= 0.3 is 11.9 Å². The molecule has 0 aliphatic heterocycles. The molecule has 2 unspecified atom stereocenters. The third-order valence-electron chi connectivity index (χ3n) is 6.60. The predicted molar refractivity (Wildman–Crippen MR) is 149 cm³/mol. The minimum Gasteiger partial charge on any atom is -0.480 e. The third kappa shape index (κ3) is 21.9. The van der Waals surface area contributed by atoms with E-state index in [1.54, 1.807) is 0 Å². The maximum absolute atomic E-state index is 12.4. The molecule has 2 atom stereocenters. The Morgan fingerprint density at radius 3 is 1.74 bits per heavy atom. The summed E-state index contributed by atoms with van der Waals surface area (Å²) in [5.41, 5.74) is 0. The molecule has 4 N–H and O–H groups in total. The largest absolute Gasteiger partial charge is 0.480 e. The molecule has 0 rings (SSSR count). The summed E-state index contributed by atoms with van der Waals surface area (Å²) < 4.78 is 5.82. The number of carbonyl (C=O) groups is 4. The lowest BCUT2D eigenvalue weighted by atomic mass is 10.0. The molecule has 0 radical (unpaired) electrons. The molecular formula is C29H54N2O7. The van der Waals surface area contributed by atoms with Gasteiger partial charge in [0.1, 0.15) is 12.1 Å². The number of amides is 2. The van der Waals surface area contributed by atoms with E-state index in [1.165, 1.54) is 44.9 Å². The number of carboxylic acid groups (broad SMARTS) is 1. The Morgan fingerprint density at radius 2 is 1.18 bits per heavy atom. The van der Waals surface area contributed by atoms with Crippen LogP contribution in [-0.2, 0) is 23.9 Å². The average Bonchev–Trinajstić information content (AvgIpc) is 2.89. The average molecular weight is 543 g/mol. The number of carbonyl (C=O) groups excluding carboxylic acids is 3. The van der Waals surface area contributed by atoms with Crippen LogP contribution >= 0.6 is 0 Å². The Labute approximate surface area is 229 Å². The second kappa shape index (κ2) is 25.1. The van der Waals surface area contributed by atoms with Gasteiger partial charge in [0.2, 0.25) is 11.8 Å². The summed E-state index contributed by atoms with van der Waals surface area (Å²) >= 11 is 0. The van der Waals surface area contributed by atoms with Gasteiger partial charge in [0.05, 0.1) is 13.2 Å². The summed E-state index contributed by atoms with van der Waals surface area (Å²) in [5.74, 6) is -2.39. The van der Waals surface area contributed by atoms with E-state index in [2.05, 4.69) is 24.5 Å². The lowest BCUT2D eigenvalue weighted by Gasteiger charge is -2.18. The fraction of sp³-hybridized carbons (Fsp3) is 0.862. The van der Waals surface area contributed by atoms with E-state index in [9.17, 15) is 19.2 Å². The highest BCUT2D eigenvalue weighted by Crippen LogP contribution is 2.17. The number of esters is 1. The zero-order valence-electron chi connectivity index (χ0n) is 23.9. The molecule has 0 saturated carbocycles. The highest BCUT2D eigenvalue weighted by molar-refractivity contribution is 5.87. The van der Waals surface area contributed by atoms with Crippen LogP contribution in [0.4, 0.5) is 0 Å². The van der Waals surface area contributed by atoms with Crippen molar-refractivity contribution >= 4 is 23.8 Å². The minimum atomic E-state index is -1.39. The third-order valence-corrected chi connectivity index (χ3v) is 6.60. The van der Waals surface area contributed by atoms with Crippen LogP contribution in [0.2, 0.25) is 0 Å². The number of aliphatic hydroxyl groups excluding tert-OH is 1. The molecule has 38 heavy (non-hydrogen) atoms. The van der Waals surface area contributed by atoms with Crippen molar-refractivity contribution in [3.63, 3.8) is 0 Å². The van der Waals surface area contributed by atoms with E-state index in [0.717, 1.165) is 57.8 Å². The molecule has 0 spiro atoms. The van der Waals surface area contributed by atoms with Gasteiger partial charge in [0, 0.05) is 12.8 Å². The van der Waals surface area contributed by atoms with Crippen molar-refractivity contribution in [2.75, 3.05) is 13.2 Å². The van der Waals surface area contributed by atoms with Gasteiger partial charge in [-0.3, -0.25) is 14.4 Å². The summed E-state index contributed by atoms with van der Waals surface area (Å²) in [6.07, 6.45) is 18.7. The molecule has 0 saturated heterocycles. The summed E-state index contributed by atoms with van der Waals surface area (Å²) in [5, 5.41) is 22.3. The van der Waals surface area contributed by atoms with Gasteiger partial charge in [0.15, 0.2) is 0 Å². The van der Waals surface area contributed by atoms with Crippen LogP contribution in [0, 0.1) is 0 Å². The highest BCUT2D eigenvalue weighted by atomic mass is 16.5. The summed E-state index contributed by atoms with van der Waals surface area (Å²) in [7, 11) is 0. The first kappa shape index (κ1) is 35.8. The van der Waals surface area contributed by atoms with Gasteiger partial charge < -0.3 is 25.6 Å². The van der Waals surface area contributed by atoms with Gasteiger partial charge in [0.25, 0.3) is 0 Å². The SMILES string of the molecule is CCCCCCCCCCC(=O)OC(CCCCCC)CCCCCC(=O)NCC(=O)NC(CO)C(=O)O. The van der Waals surface area contributed by atoms with Gasteiger partial charge in [-0.1, -0.05) is 84.5 Å². The number of rotatable bonds is 26. The number of nitrogens with one attached hydrogen (secondary N) is 2. The molecule has 0 bridgehead atoms. The van der Waals surface area contributed by atoms with Crippen molar-refractivity contribution in [2.45, 2.75) is 148 Å². The fourth-order valence-electron chi connectivity index (χ4n) is 4.24. The fourth-order valence-corrected chi connectivity index (χ4v) is 4.24. The highest BCUT2D eigenvalue weighted by Gasteiger charge is 2.19. The number of hydrogen-bond donors (Lipinski definition) is 4. The van der Waals surface area contributed by atoms with Crippen LogP contribution in [0.5, 0.6) is 0 Å². The Balaban J connectivity index is 4.16. The normalized spacial score (nSPS) is 12.5. The molecule has 0 aliphatic rings. The summed E-state index contributed by atoms with van der Waals surface area (Å²) in [6.45, 7) is 3.34. The van der Waals surface area contributed by atoms with Gasteiger partial charge in [-0.25, -0.2) is 4.79 Å². The molecule has 222 valence electrons. The number of carboxylic acids is 1. The van der Waals surface area contributed by atoms with Crippen molar-refractivity contribution < 1.29 is 34.1 Å². The van der Waals surface area contributed by atoms with Crippen LogP contribution < -0.4 is 10.6 Å². The molecular weight excluding hydrogens is 488 g/mol. The maximum atomic E-state index is 12.4. The van der Waals surface area contributed by atoms with E-state index in [1.807, 2.05) is 0 Å². The van der Waals surface area contributed by atoms with Crippen LogP contribution in [0.1, 0.15) is 136 Å². The number of aliphatic hydroxyl groups is 1. The Kier molecular flexibility index (Phi) is 23.7. The quantitative estimate of drug-likeness (QED) is 0.0887. The molecule has 2 amide bonds. The molecule has 0 fully saturated rings. The van der Waals surface area contributed by atoms with Crippen molar-refractivity contribution in [2.24, 2.45) is 0 Å². The van der Waals surface area contributed by atoms with Crippen molar-refractivity contribution in [3.8, 4) is 0 Å². The van der Waals surface area contributed by atoms with Gasteiger partial charge in [-0.05, 0) is 38.5 Å². The zero-order valence-corrected chi connectivity index (χ0v) is 23.9. The van der Waals surface area contributed by atoms with Crippen LogP contribution in [0.15, 0.2) is 0 Å².